The summed E-state index contributed by atoms with van der Waals surface area (Å²) in [7, 11) is -3.53. The van der Waals surface area contributed by atoms with Crippen molar-refractivity contribution in [3.8, 4) is 0 Å². The molecule has 0 aliphatic heterocycles. The average Bonchev–Trinajstić information content (AvgIpc) is 2.13. The summed E-state index contributed by atoms with van der Waals surface area (Å²) in [6.45, 7) is 1.60. The molecular formula is C10H12ClN3O3S. The van der Waals surface area contributed by atoms with Gasteiger partial charge >= 0.3 is 0 Å². The lowest BCUT2D eigenvalue weighted by Gasteiger charge is -2.07. The second kappa shape index (κ2) is 4.95. The topological polar surface area (TPSA) is 116 Å². The van der Waals surface area contributed by atoms with Crippen LogP contribution in [0.4, 0.5) is 0 Å². The molecule has 0 heterocycles. The van der Waals surface area contributed by atoms with Crippen LogP contribution < -0.4 is 11.5 Å². The van der Waals surface area contributed by atoms with E-state index in [1.54, 1.807) is 6.92 Å². The molecule has 4 N–H and O–H groups in total. The van der Waals surface area contributed by atoms with Gasteiger partial charge in [-0.2, -0.15) is 4.99 Å². The van der Waals surface area contributed by atoms with Crippen LogP contribution >= 0.6 is 11.6 Å². The first-order chi connectivity index (χ1) is 8.12. The van der Waals surface area contributed by atoms with E-state index in [0.29, 0.717) is 5.56 Å². The number of halogens is 1. The number of nitrogens with zero attached hydrogens (tertiary/aromatic N) is 1. The minimum atomic E-state index is -3.53. The standard InChI is InChI=1S/C10H12ClN3O3S/c1-5-3-7(11)8(18(2,16)17)4-6(5)9(15)14-10(12)13/h3-4H,1-2H3,(H4,12,13,14,15). The van der Waals surface area contributed by atoms with Crippen LogP contribution in [0.3, 0.4) is 0 Å². The van der Waals surface area contributed by atoms with Crippen LogP contribution in [0.25, 0.3) is 0 Å². The SMILES string of the molecule is Cc1cc(Cl)c(S(C)(=O)=O)cc1C(=O)N=C(N)N. The Labute approximate surface area is 110 Å². The molecule has 1 aromatic rings. The molecule has 0 radical (unpaired) electrons. The zero-order valence-corrected chi connectivity index (χ0v) is 11.3. The molecule has 1 rings (SSSR count). The summed E-state index contributed by atoms with van der Waals surface area (Å²) >= 11 is 5.82. The molecular weight excluding hydrogens is 278 g/mol. The Morgan fingerprint density at radius 3 is 2.33 bits per heavy atom. The van der Waals surface area contributed by atoms with E-state index in [2.05, 4.69) is 4.99 Å². The molecule has 0 aliphatic rings. The maximum absolute atomic E-state index is 11.7. The fraction of sp³-hybridized carbons (Fsp3) is 0.200. The lowest BCUT2D eigenvalue weighted by atomic mass is 10.1. The number of aryl methyl sites for hydroxylation is 1. The highest BCUT2D eigenvalue weighted by Gasteiger charge is 2.18. The summed E-state index contributed by atoms with van der Waals surface area (Å²) in [5.41, 5.74) is 10.8. The van der Waals surface area contributed by atoms with Gasteiger partial charge in [0, 0.05) is 11.8 Å². The lowest BCUT2D eigenvalue weighted by Crippen LogP contribution is -2.24. The average molecular weight is 290 g/mol. The molecule has 1 aromatic carbocycles. The van der Waals surface area contributed by atoms with Gasteiger partial charge in [-0.25, -0.2) is 8.42 Å². The fourth-order valence-corrected chi connectivity index (χ4v) is 2.73. The maximum Gasteiger partial charge on any atom is 0.280 e. The van der Waals surface area contributed by atoms with Crippen LogP contribution in [0.5, 0.6) is 0 Å². The minimum Gasteiger partial charge on any atom is -0.370 e. The van der Waals surface area contributed by atoms with Crippen molar-refractivity contribution in [1.82, 2.24) is 0 Å². The molecule has 0 spiro atoms. The van der Waals surface area contributed by atoms with Gasteiger partial charge in [-0.05, 0) is 24.6 Å². The highest BCUT2D eigenvalue weighted by Crippen LogP contribution is 2.25. The third-order valence-electron chi connectivity index (χ3n) is 2.14. The molecule has 18 heavy (non-hydrogen) atoms. The Bertz CT molecular complexity index is 634. The summed E-state index contributed by atoms with van der Waals surface area (Å²) in [4.78, 5) is 14.9. The number of benzene rings is 1. The predicted octanol–water partition coefficient (Wildman–Crippen LogP) is 0.466. The Hall–Kier alpha value is -1.60. The molecule has 1 amide bonds. The van der Waals surface area contributed by atoms with Gasteiger partial charge in [0.25, 0.3) is 5.91 Å². The Morgan fingerprint density at radius 1 is 1.33 bits per heavy atom. The number of sulfone groups is 1. The number of hydrogen-bond acceptors (Lipinski definition) is 3. The largest absolute Gasteiger partial charge is 0.370 e. The van der Waals surface area contributed by atoms with Crippen LogP contribution in [-0.2, 0) is 9.84 Å². The minimum absolute atomic E-state index is 0.0521. The number of nitrogens with two attached hydrogens (primary N) is 2. The van der Waals surface area contributed by atoms with E-state index in [0.717, 1.165) is 6.26 Å². The van der Waals surface area contributed by atoms with E-state index in [-0.39, 0.29) is 15.5 Å². The molecule has 0 aliphatic carbocycles. The van der Waals surface area contributed by atoms with E-state index in [9.17, 15) is 13.2 Å². The van der Waals surface area contributed by atoms with Gasteiger partial charge in [0.05, 0.1) is 9.92 Å². The molecule has 6 nitrogen and oxygen atoms in total. The Kier molecular flexibility index (Phi) is 3.98. The van der Waals surface area contributed by atoms with Crippen molar-refractivity contribution in [1.29, 1.82) is 0 Å². The molecule has 0 fully saturated rings. The van der Waals surface area contributed by atoms with Crippen molar-refractivity contribution >= 4 is 33.3 Å². The highest BCUT2D eigenvalue weighted by atomic mass is 35.5. The number of carbonyl (C=O) groups is 1. The van der Waals surface area contributed by atoms with E-state index in [1.165, 1.54) is 12.1 Å². The fourth-order valence-electron chi connectivity index (χ4n) is 1.34. The van der Waals surface area contributed by atoms with Crippen molar-refractivity contribution in [2.45, 2.75) is 11.8 Å². The first-order valence-corrected chi connectivity index (χ1v) is 7.04. The highest BCUT2D eigenvalue weighted by molar-refractivity contribution is 7.90. The lowest BCUT2D eigenvalue weighted by molar-refractivity contribution is 0.100. The number of hydrogen-bond donors (Lipinski definition) is 2. The van der Waals surface area contributed by atoms with Gasteiger partial charge in [0.2, 0.25) is 0 Å². The molecule has 0 aromatic heterocycles. The molecule has 0 saturated heterocycles. The number of guanidine groups is 1. The Morgan fingerprint density at radius 2 is 1.89 bits per heavy atom. The van der Waals surface area contributed by atoms with E-state index in [1.807, 2.05) is 0 Å². The second-order valence-electron chi connectivity index (χ2n) is 3.71. The van der Waals surface area contributed by atoms with E-state index >= 15 is 0 Å². The molecule has 8 heteroatoms. The number of carbonyl (C=O) groups excluding carboxylic acids is 1. The van der Waals surface area contributed by atoms with E-state index in [4.69, 9.17) is 23.1 Å². The summed E-state index contributed by atoms with van der Waals surface area (Å²) in [6.07, 6.45) is 0.998. The Balaban J connectivity index is 3.49. The van der Waals surface area contributed by atoms with Gasteiger partial charge in [0.15, 0.2) is 15.8 Å². The third kappa shape index (κ3) is 3.21. The van der Waals surface area contributed by atoms with Crippen molar-refractivity contribution < 1.29 is 13.2 Å². The van der Waals surface area contributed by atoms with Crippen molar-refractivity contribution in [2.24, 2.45) is 16.5 Å². The molecule has 98 valence electrons. The van der Waals surface area contributed by atoms with Gasteiger partial charge < -0.3 is 11.5 Å². The molecule has 0 bridgehead atoms. The van der Waals surface area contributed by atoms with Gasteiger partial charge in [-0.3, -0.25) is 4.79 Å². The normalized spacial score (nSPS) is 11.1. The summed E-state index contributed by atoms with van der Waals surface area (Å²) in [5, 5.41) is 0.0521. The molecule has 0 saturated carbocycles. The van der Waals surface area contributed by atoms with Crippen molar-refractivity contribution in [3.63, 3.8) is 0 Å². The van der Waals surface area contributed by atoms with Crippen LogP contribution in [0.1, 0.15) is 15.9 Å². The quantitative estimate of drug-likeness (QED) is 0.606. The summed E-state index contributed by atoms with van der Waals surface area (Å²) in [6, 6.07) is 2.55. The summed E-state index contributed by atoms with van der Waals surface area (Å²) in [5.74, 6) is -1.11. The first kappa shape index (κ1) is 14.5. The van der Waals surface area contributed by atoms with Crippen molar-refractivity contribution in [3.05, 3.63) is 28.3 Å². The van der Waals surface area contributed by atoms with Crippen molar-refractivity contribution in [2.75, 3.05) is 6.26 Å². The zero-order valence-electron chi connectivity index (χ0n) is 9.77. The molecule has 0 atom stereocenters. The predicted molar refractivity (Wildman–Crippen MR) is 69.4 cm³/mol. The number of rotatable bonds is 2. The van der Waals surface area contributed by atoms with Gasteiger partial charge in [0.1, 0.15) is 0 Å². The van der Waals surface area contributed by atoms with Crippen LogP contribution in [-0.4, -0.2) is 26.5 Å². The number of aliphatic imine (C=N–C) groups is 1. The zero-order chi connectivity index (χ0) is 14.1. The van der Waals surface area contributed by atoms with Crippen LogP contribution in [0, 0.1) is 6.92 Å². The van der Waals surface area contributed by atoms with Crippen LogP contribution in [0.2, 0.25) is 5.02 Å². The maximum atomic E-state index is 11.7. The third-order valence-corrected chi connectivity index (χ3v) is 3.70. The monoisotopic (exact) mass is 289 g/mol. The summed E-state index contributed by atoms with van der Waals surface area (Å²) < 4.78 is 23.0. The number of amides is 1. The smallest absolute Gasteiger partial charge is 0.280 e. The van der Waals surface area contributed by atoms with Crippen LogP contribution in [0.15, 0.2) is 22.0 Å². The van der Waals surface area contributed by atoms with E-state index < -0.39 is 21.7 Å². The van der Waals surface area contributed by atoms with Gasteiger partial charge in [-0.15, -0.1) is 0 Å². The first-order valence-electron chi connectivity index (χ1n) is 4.77. The van der Waals surface area contributed by atoms with Gasteiger partial charge in [-0.1, -0.05) is 11.6 Å². The second-order valence-corrected chi connectivity index (χ2v) is 6.10. The molecule has 0 unspecified atom stereocenters.